The number of piperidine rings is 1. The van der Waals surface area contributed by atoms with Crippen LogP contribution in [0.2, 0.25) is 0 Å². The highest BCUT2D eigenvalue weighted by molar-refractivity contribution is 5.81. The van der Waals surface area contributed by atoms with Gasteiger partial charge in [-0.1, -0.05) is 38.1 Å². The van der Waals surface area contributed by atoms with Crippen molar-refractivity contribution in [3.05, 3.63) is 35.4 Å². The summed E-state index contributed by atoms with van der Waals surface area (Å²) in [5.74, 6) is -0.204. The summed E-state index contributed by atoms with van der Waals surface area (Å²) in [6.07, 6.45) is 1.39. The summed E-state index contributed by atoms with van der Waals surface area (Å²) in [6.45, 7) is 5.99. The molecule has 1 aliphatic rings. The maximum absolute atomic E-state index is 11.8. The van der Waals surface area contributed by atoms with Crippen LogP contribution in [-0.2, 0) is 10.2 Å². The second-order valence-corrected chi connectivity index (χ2v) is 5.97. The van der Waals surface area contributed by atoms with E-state index >= 15 is 0 Å². The molecular formula is C16H23NO2. The van der Waals surface area contributed by atoms with Gasteiger partial charge in [0.1, 0.15) is 0 Å². The molecule has 3 heteroatoms. The van der Waals surface area contributed by atoms with E-state index in [0.29, 0.717) is 18.8 Å². The lowest BCUT2D eigenvalue weighted by Gasteiger charge is -2.37. The fraction of sp³-hybridized carbons (Fsp3) is 0.562. The van der Waals surface area contributed by atoms with E-state index in [9.17, 15) is 9.90 Å². The molecule has 0 aliphatic carbocycles. The third-order valence-corrected chi connectivity index (χ3v) is 4.38. The third kappa shape index (κ3) is 2.66. The highest BCUT2D eigenvalue weighted by Crippen LogP contribution is 2.36. The lowest BCUT2D eigenvalue weighted by molar-refractivity contribution is -0.145. The van der Waals surface area contributed by atoms with Crippen LogP contribution in [0.25, 0.3) is 0 Å². The molecular weight excluding hydrogens is 238 g/mol. The Morgan fingerprint density at radius 3 is 2.16 bits per heavy atom. The van der Waals surface area contributed by atoms with Crippen LogP contribution in [0.3, 0.4) is 0 Å². The van der Waals surface area contributed by atoms with Crippen LogP contribution < -0.4 is 0 Å². The Kier molecular flexibility index (Phi) is 3.95. The predicted molar refractivity (Wildman–Crippen MR) is 76.6 cm³/mol. The van der Waals surface area contributed by atoms with Crippen LogP contribution >= 0.6 is 0 Å². The molecule has 0 bridgehead atoms. The molecule has 0 atom stereocenters. The van der Waals surface area contributed by atoms with Gasteiger partial charge in [-0.25, -0.2) is 0 Å². The number of nitrogens with zero attached hydrogens (tertiary/aromatic N) is 1. The van der Waals surface area contributed by atoms with Gasteiger partial charge >= 0.3 is 5.97 Å². The van der Waals surface area contributed by atoms with Gasteiger partial charge in [0, 0.05) is 0 Å². The van der Waals surface area contributed by atoms with E-state index in [1.54, 1.807) is 0 Å². The Bertz CT molecular complexity index is 442. The van der Waals surface area contributed by atoms with Crippen molar-refractivity contribution in [3.63, 3.8) is 0 Å². The molecule has 1 heterocycles. The fourth-order valence-electron chi connectivity index (χ4n) is 2.81. The summed E-state index contributed by atoms with van der Waals surface area (Å²) in [5, 5.41) is 9.69. The van der Waals surface area contributed by atoms with Crippen molar-refractivity contribution < 1.29 is 9.90 Å². The van der Waals surface area contributed by atoms with Gasteiger partial charge in [0.2, 0.25) is 0 Å². The van der Waals surface area contributed by atoms with E-state index in [1.807, 2.05) is 19.2 Å². The minimum Gasteiger partial charge on any atom is -0.481 e. The van der Waals surface area contributed by atoms with E-state index in [4.69, 9.17) is 0 Å². The second-order valence-electron chi connectivity index (χ2n) is 5.97. The molecule has 1 fully saturated rings. The Labute approximate surface area is 115 Å². The zero-order valence-corrected chi connectivity index (χ0v) is 12.0. The van der Waals surface area contributed by atoms with Gasteiger partial charge in [0.25, 0.3) is 0 Å². The summed E-state index contributed by atoms with van der Waals surface area (Å²) in [6, 6.07) is 8.16. The Hall–Kier alpha value is -1.35. The molecule has 0 saturated carbocycles. The molecule has 0 unspecified atom stereocenters. The number of rotatable bonds is 3. The normalized spacial score (nSPS) is 19.6. The van der Waals surface area contributed by atoms with Gasteiger partial charge in [0.15, 0.2) is 0 Å². The Morgan fingerprint density at radius 1 is 1.21 bits per heavy atom. The smallest absolute Gasteiger partial charge is 0.314 e. The molecule has 1 saturated heterocycles. The molecule has 1 aromatic carbocycles. The molecule has 0 amide bonds. The van der Waals surface area contributed by atoms with Crippen molar-refractivity contribution in [1.82, 2.24) is 4.90 Å². The minimum atomic E-state index is -0.692. The molecule has 19 heavy (non-hydrogen) atoms. The quantitative estimate of drug-likeness (QED) is 0.909. The average molecular weight is 261 g/mol. The van der Waals surface area contributed by atoms with E-state index < -0.39 is 11.4 Å². The van der Waals surface area contributed by atoms with Crippen molar-refractivity contribution >= 4 is 5.97 Å². The van der Waals surface area contributed by atoms with Crippen molar-refractivity contribution in [2.24, 2.45) is 0 Å². The molecule has 1 aromatic rings. The SMILES string of the molecule is CC(C)c1ccc(C2(C(=O)O)CCN(C)CC2)cc1. The number of benzene rings is 1. The number of carboxylic acid groups (broad SMARTS) is 1. The molecule has 3 nitrogen and oxygen atoms in total. The maximum atomic E-state index is 11.8. The standard InChI is InChI=1S/C16H23NO2/c1-12(2)13-4-6-14(7-5-13)16(15(18)19)8-10-17(3)11-9-16/h4-7,12H,8-11H2,1-3H3,(H,18,19). The summed E-state index contributed by atoms with van der Waals surface area (Å²) >= 11 is 0. The van der Waals surface area contributed by atoms with Crippen molar-refractivity contribution in [2.45, 2.75) is 38.0 Å². The third-order valence-electron chi connectivity index (χ3n) is 4.38. The largest absolute Gasteiger partial charge is 0.481 e. The first-order valence-corrected chi connectivity index (χ1v) is 6.98. The van der Waals surface area contributed by atoms with Crippen LogP contribution in [0.5, 0.6) is 0 Å². The van der Waals surface area contributed by atoms with Crippen LogP contribution in [0.15, 0.2) is 24.3 Å². The van der Waals surface area contributed by atoms with E-state index in [0.717, 1.165) is 18.7 Å². The lowest BCUT2D eigenvalue weighted by Crippen LogP contribution is -2.46. The zero-order valence-electron chi connectivity index (χ0n) is 12.0. The first kappa shape index (κ1) is 14.1. The van der Waals surface area contributed by atoms with Crippen molar-refractivity contribution in [3.8, 4) is 0 Å². The summed E-state index contributed by atoms with van der Waals surface area (Å²) in [4.78, 5) is 14.0. The van der Waals surface area contributed by atoms with Gasteiger partial charge < -0.3 is 10.0 Å². The number of hydrogen-bond donors (Lipinski definition) is 1. The van der Waals surface area contributed by atoms with E-state index in [-0.39, 0.29) is 0 Å². The first-order valence-electron chi connectivity index (χ1n) is 6.98. The lowest BCUT2D eigenvalue weighted by atomic mass is 9.72. The maximum Gasteiger partial charge on any atom is 0.314 e. The number of likely N-dealkylation sites (tertiary alicyclic amines) is 1. The van der Waals surface area contributed by atoms with Gasteiger partial charge in [-0.2, -0.15) is 0 Å². The number of aliphatic carboxylic acids is 1. The Morgan fingerprint density at radius 2 is 1.74 bits per heavy atom. The minimum absolute atomic E-state index is 0.479. The Balaban J connectivity index is 2.32. The fourth-order valence-corrected chi connectivity index (χ4v) is 2.81. The predicted octanol–water partition coefficient (Wildman–Crippen LogP) is 2.86. The van der Waals surface area contributed by atoms with Crippen molar-refractivity contribution in [2.75, 3.05) is 20.1 Å². The highest BCUT2D eigenvalue weighted by atomic mass is 16.4. The molecule has 2 rings (SSSR count). The van der Waals surface area contributed by atoms with Crippen LogP contribution in [0, 0.1) is 0 Å². The molecule has 104 valence electrons. The van der Waals surface area contributed by atoms with Crippen LogP contribution in [-0.4, -0.2) is 36.1 Å². The number of carboxylic acids is 1. The van der Waals surface area contributed by atoms with Crippen molar-refractivity contribution in [1.29, 1.82) is 0 Å². The summed E-state index contributed by atoms with van der Waals surface area (Å²) in [7, 11) is 2.05. The average Bonchev–Trinajstić information content (AvgIpc) is 2.39. The van der Waals surface area contributed by atoms with Gasteiger partial charge in [-0.3, -0.25) is 4.79 Å². The summed E-state index contributed by atoms with van der Waals surface area (Å²) < 4.78 is 0. The first-order chi connectivity index (χ1) is 8.95. The van der Waals surface area contributed by atoms with E-state index in [2.05, 4.69) is 30.9 Å². The molecule has 0 spiro atoms. The van der Waals surface area contributed by atoms with Gasteiger partial charge in [-0.15, -0.1) is 0 Å². The molecule has 0 radical (unpaired) electrons. The topological polar surface area (TPSA) is 40.5 Å². The molecule has 0 aromatic heterocycles. The number of carbonyl (C=O) groups is 1. The van der Waals surface area contributed by atoms with Crippen LogP contribution in [0.1, 0.15) is 43.7 Å². The van der Waals surface area contributed by atoms with Crippen LogP contribution in [0.4, 0.5) is 0 Å². The summed E-state index contributed by atoms with van der Waals surface area (Å²) in [5.41, 5.74) is 1.52. The molecule has 1 aliphatic heterocycles. The second kappa shape index (κ2) is 5.33. The molecule has 1 N–H and O–H groups in total. The van der Waals surface area contributed by atoms with Gasteiger partial charge in [-0.05, 0) is 50.0 Å². The monoisotopic (exact) mass is 261 g/mol. The zero-order chi connectivity index (χ0) is 14.0. The van der Waals surface area contributed by atoms with Gasteiger partial charge in [0.05, 0.1) is 5.41 Å². The number of hydrogen-bond acceptors (Lipinski definition) is 2. The highest BCUT2D eigenvalue weighted by Gasteiger charge is 2.42. The van der Waals surface area contributed by atoms with E-state index in [1.165, 1.54) is 5.56 Å².